The van der Waals surface area contributed by atoms with Gasteiger partial charge < -0.3 is 9.73 Å². The smallest absolute Gasteiger partial charge is 0.223 e. The predicted octanol–water partition coefficient (Wildman–Crippen LogP) is 3.41. The first-order valence-corrected chi connectivity index (χ1v) is 9.37. The predicted molar refractivity (Wildman–Crippen MR) is 97.0 cm³/mol. The highest BCUT2D eigenvalue weighted by atomic mass is 16.3. The van der Waals surface area contributed by atoms with Crippen LogP contribution in [-0.4, -0.2) is 30.4 Å². The van der Waals surface area contributed by atoms with E-state index >= 15 is 0 Å². The lowest BCUT2D eigenvalue weighted by atomic mass is 9.96. The molecule has 2 fully saturated rings. The molecule has 2 atom stereocenters. The Labute approximate surface area is 149 Å². The Morgan fingerprint density at radius 2 is 1.92 bits per heavy atom. The van der Waals surface area contributed by atoms with Crippen LogP contribution in [0.25, 0.3) is 0 Å². The number of furan rings is 1. The fourth-order valence-electron chi connectivity index (χ4n) is 3.87. The van der Waals surface area contributed by atoms with E-state index in [-0.39, 0.29) is 11.8 Å². The molecular formula is C21H26N2O2. The average molecular weight is 338 g/mol. The minimum Gasteiger partial charge on any atom is -0.469 e. The van der Waals surface area contributed by atoms with Crippen molar-refractivity contribution >= 4 is 5.91 Å². The Balaban J connectivity index is 1.16. The molecule has 132 valence electrons. The van der Waals surface area contributed by atoms with Crippen molar-refractivity contribution in [1.82, 2.24) is 10.2 Å². The van der Waals surface area contributed by atoms with E-state index in [1.165, 1.54) is 18.4 Å². The Morgan fingerprint density at radius 1 is 1.12 bits per heavy atom. The quantitative estimate of drug-likeness (QED) is 0.878. The van der Waals surface area contributed by atoms with Crippen molar-refractivity contribution in [1.29, 1.82) is 0 Å². The lowest BCUT2D eigenvalue weighted by Gasteiger charge is -2.32. The minimum atomic E-state index is 0.115. The summed E-state index contributed by atoms with van der Waals surface area (Å²) in [6.07, 6.45) is 4.94. The zero-order valence-electron chi connectivity index (χ0n) is 14.6. The third-order valence-electron chi connectivity index (χ3n) is 5.56. The van der Waals surface area contributed by atoms with E-state index in [4.69, 9.17) is 4.42 Å². The molecule has 0 radical (unpaired) electrons. The summed E-state index contributed by atoms with van der Waals surface area (Å²) in [4.78, 5) is 14.8. The van der Waals surface area contributed by atoms with Crippen LogP contribution < -0.4 is 5.32 Å². The maximum absolute atomic E-state index is 12.3. The highest BCUT2D eigenvalue weighted by Gasteiger charge is 2.45. The normalized spacial score (nSPS) is 24.2. The zero-order valence-corrected chi connectivity index (χ0v) is 14.6. The van der Waals surface area contributed by atoms with Gasteiger partial charge in [0, 0.05) is 24.9 Å². The van der Waals surface area contributed by atoms with Gasteiger partial charge in [-0.15, -0.1) is 0 Å². The van der Waals surface area contributed by atoms with Crippen molar-refractivity contribution in [3.63, 3.8) is 0 Å². The summed E-state index contributed by atoms with van der Waals surface area (Å²) in [6.45, 7) is 4.09. The molecule has 1 aromatic heterocycles. The topological polar surface area (TPSA) is 45.5 Å². The maximum atomic E-state index is 12.3. The molecule has 2 aromatic rings. The number of likely N-dealkylation sites (tertiary alicyclic amines) is 1. The number of hydrogen-bond donors (Lipinski definition) is 1. The lowest BCUT2D eigenvalue weighted by Crippen LogP contribution is -2.38. The standard InChI is InChI=1S/C21H26N2O2/c24-21(19-13-18(19)20-7-4-12-25-20)22-14-16-8-10-23(11-9-16)15-17-5-2-1-3-6-17/h1-7,12,16,18-19H,8-11,13-15H2,(H,22,24)/t18-,19+/m1/s1. The molecule has 1 aliphatic carbocycles. The van der Waals surface area contributed by atoms with Crippen LogP contribution in [-0.2, 0) is 11.3 Å². The van der Waals surface area contributed by atoms with Gasteiger partial charge in [-0.1, -0.05) is 30.3 Å². The van der Waals surface area contributed by atoms with Crippen LogP contribution in [0.2, 0.25) is 0 Å². The number of amides is 1. The van der Waals surface area contributed by atoms with Gasteiger partial charge in [0.2, 0.25) is 5.91 Å². The third-order valence-corrected chi connectivity index (χ3v) is 5.56. The maximum Gasteiger partial charge on any atom is 0.223 e. The number of piperidine rings is 1. The first-order valence-electron chi connectivity index (χ1n) is 9.37. The summed E-state index contributed by atoms with van der Waals surface area (Å²) in [7, 11) is 0. The van der Waals surface area contributed by atoms with Gasteiger partial charge >= 0.3 is 0 Å². The van der Waals surface area contributed by atoms with Crippen LogP contribution in [0.1, 0.15) is 36.5 Å². The van der Waals surface area contributed by atoms with Crippen molar-refractivity contribution in [3.05, 3.63) is 60.1 Å². The number of benzene rings is 1. The van der Waals surface area contributed by atoms with Gasteiger partial charge in [0.25, 0.3) is 0 Å². The summed E-state index contributed by atoms with van der Waals surface area (Å²) in [6, 6.07) is 14.5. The lowest BCUT2D eigenvalue weighted by molar-refractivity contribution is -0.122. The molecular weight excluding hydrogens is 312 g/mol. The zero-order chi connectivity index (χ0) is 17.1. The number of carbonyl (C=O) groups excluding carboxylic acids is 1. The van der Waals surface area contributed by atoms with Crippen LogP contribution in [0.5, 0.6) is 0 Å². The molecule has 0 spiro atoms. The SMILES string of the molecule is O=C(NCC1CCN(Cc2ccccc2)CC1)[C@H]1C[C@H]1c1ccco1. The second kappa shape index (κ2) is 7.44. The van der Waals surface area contributed by atoms with E-state index < -0.39 is 0 Å². The summed E-state index contributed by atoms with van der Waals surface area (Å²) >= 11 is 0. The first-order chi connectivity index (χ1) is 12.3. The Morgan fingerprint density at radius 3 is 2.64 bits per heavy atom. The average Bonchev–Trinajstić information content (AvgIpc) is 3.27. The van der Waals surface area contributed by atoms with E-state index in [9.17, 15) is 4.79 Å². The molecule has 0 bridgehead atoms. The van der Waals surface area contributed by atoms with Gasteiger partial charge in [-0.3, -0.25) is 9.69 Å². The van der Waals surface area contributed by atoms with E-state index in [1.807, 2.05) is 12.1 Å². The summed E-state index contributed by atoms with van der Waals surface area (Å²) in [5.74, 6) is 2.17. The molecule has 1 amide bonds. The fraction of sp³-hybridized carbons (Fsp3) is 0.476. The summed E-state index contributed by atoms with van der Waals surface area (Å²) < 4.78 is 5.41. The number of hydrogen-bond acceptors (Lipinski definition) is 3. The van der Waals surface area contributed by atoms with Crippen LogP contribution in [0, 0.1) is 11.8 Å². The van der Waals surface area contributed by atoms with Crippen molar-refractivity contribution < 1.29 is 9.21 Å². The van der Waals surface area contributed by atoms with Gasteiger partial charge in [-0.2, -0.15) is 0 Å². The summed E-state index contributed by atoms with van der Waals surface area (Å²) in [5.41, 5.74) is 1.38. The van der Waals surface area contributed by atoms with E-state index in [0.717, 1.165) is 38.4 Å². The Kier molecular flexibility index (Phi) is 4.88. The Bertz CT molecular complexity index is 675. The van der Waals surface area contributed by atoms with Gasteiger partial charge in [0.05, 0.1) is 6.26 Å². The second-order valence-corrected chi connectivity index (χ2v) is 7.41. The van der Waals surface area contributed by atoms with E-state index in [0.29, 0.717) is 11.8 Å². The highest BCUT2D eigenvalue weighted by Crippen LogP contribution is 2.47. The number of nitrogens with one attached hydrogen (secondary N) is 1. The van der Waals surface area contributed by atoms with Crippen LogP contribution >= 0.6 is 0 Å². The fourth-order valence-corrected chi connectivity index (χ4v) is 3.87. The molecule has 25 heavy (non-hydrogen) atoms. The number of carbonyl (C=O) groups is 1. The first kappa shape index (κ1) is 16.4. The van der Waals surface area contributed by atoms with Crippen molar-refractivity contribution in [3.8, 4) is 0 Å². The van der Waals surface area contributed by atoms with Gasteiger partial charge in [0.1, 0.15) is 5.76 Å². The van der Waals surface area contributed by atoms with Gasteiger partial charge in [-0.05, 0) is 56.0 Å². The van der Waals surface area contributed by atoms with Crippen molar-refractivity contribution in [2.24, 2.45) is 11.8 Å². The number of nitrogens with zero attached hydrogens (tertiary/aromatic N) is 1. The van der Waals surface area contributed by atoms with Crippen LogP contribution in [0.3, 0.4) is 0 Å². The largest absolute Gasteiger partial charge is 0.469 e. The highest BCUT2D eigenvalue weighted by molar-refractivity contribution is 5.82. The molecule has 2 heterocycles. The van der Waals surface area contributed by atoms with Crippen LogP contribution in [0.4, 0.5) is 0 Å². The van der Waals surface area contributed by atoms with Crippen LogP contribution in [0.15, 0.2) is 53.1 Å². The molecule has 1 aromatic carbocycles. The van der Waals surface area contributed by atoms with E-state index in [2.05, 4.69) is 40.5 Å². The third kappa shape index (κ3) is 4.13. The van der Waals surface area contributed by atoms with Crippen molar-refractivity contribution in [2.45, 2.75) is 31.7 Å². The van der Waals surface area contributed by atoms with Crippen molar-refractivity contribution in [2.75, 3.05) is 19.6 Å². The van der Waals surface area contributed by atoms with E-state index in [1.54, 1.807) is 6.26 Å². The molecule has 1 saturated heterocycles. The van der Waals surface area contributed by atoms with Gasteiger partial charge in [0.15, 0.2) is 0 Å². The molecule has 4 nitrogen and oxygen atoms in total. The molecule has 0 unspecified atom stereocenters. The van der Waals surface area contributed by atoms with Gasteiger partial charge in [-0.25, -0.2) is 0 Å². The second-order valence-electron chi connectivity index (χ2n) is 7.41. The molecule has 2 aliphatic rings. The monoisotopic (exact) mass is 338 g/mol. The Hall–Kier alpha value is -2.07. The molecule has 4 rings (SSSR count). The minimum absolute atomic E-state index is 0.115. The molecule has 4 heteroatoms. The molecule has 1 saturated carbocycles. The molecule has 1 aliphatic heterocycles. The summed E-state index contributed by atoms with van der Waals surface area (Å²) in [5, 5.41) is 3.17. The molecule has 1 N–H and O–H groups in total. The number of rotatable bonds is 6.